The van der Waals surface area contributed by atoms with Crippen molar-refractivity contribution in [2.75, 3.05) is 20.3 Å². The van der Waals surface area contributed by atoms with Gasteiger partial charge in [-0.3, -0.25) is 9.48 Å². The lowest BCUT2D eigenvalue weighted by molar-refractivity contribution is -0.138. The maximum Gasteiger partial charge on any atom is 0.229 e. The molecule has 140 valence electrons. The van der Waals surface area contributed by atoms with Crippen molar-refractivity contribution < 1.29 is 14.3 Å². The zero-order valence-electron chi connectivity index (χ0n) is 15.9. The molecular weight excluding hydrogens is 330 g/mol. The molecule has 0 saturated carbocycles. The van der Waals surface area contributed by atoms with Crippen molar-refractivity contribution in [2.24, 2.45) is 18.9 Å². The van der Waals surface area contributed by atoms with E-state index in [0.29, 0.717) is 25.5 Å². The second-order valence-electron chi connectivity index (χ2n) is 7.30. The van der Waals surface area contributed by atoms with Crippen molar-refractivity contribution in [2.45, 2.75) is 26.8 Å². The summed E-state index contributed by atoms with van der Waals surface area (Å²) in [5.74, 6) is 1.85. The summed E-state index contributed by atoms with van der Waals surface area (Å²) < 4.78 is 13.0. The van der Waals surface area contributed by atoms with Crippen LogP contribution in [0.3, 0.4) is 0 Å². The number of aromatic nitrogens is 2. The molecule has 0 saturated heterocycles. The second-order valence-corrected chi connectivity index (χ2v) is 7.30. The smallest absolute Gasteiger partial charge is 0.229 e. The molecule has 0 spiro atoms. The number of rotatable bonds is 6. The molecule has 1 amide bonds. The first-order valence-corrected chi connectivity index (χ1v) is 9.03. The molecule has 1 aliphatic heterocycles. The zero-order chi connectivity index (χ0) is 18.7. The number of ether oxygens (including phenoxy) is 2. The Hall–Kier alpha value is -2.50. The highest BCUT2D eigenvalue weighted by Gasteiger charge is 2.31. The first kappa shape index (κ1) is 18.3. The number of amides is 1. The normalized spacial score (nSPS) is 16.1. The van der Waals surface area contributed by atoms with Crippen molar-refractivity contribution in [1.29, 1.82) is 0 Å². The third-order valence-corrected chi connectivity index (χ3v) is 4.55. The van der Waals surface area contributed by atoms with Crippen LogP contribution in [0.15, 0.2) is 30.6 Å². The fourth-order valence-electron chi connectivity index (χ4n) is 3.42. The number of aryl methyl sites for hydroxylation is 1. The summed E-state index contributed by atoms with van der Waals surface area (Å²) in [6, 6.07) is 5.83. The van der Waals surface area contributed by atoms with Crippen LogP contribution in [-0.4, -0.2) is 40.8 Å². The predicted octanol–water partition coefficient (Wildman–Crippen LogP) is 2.66. The SMILES string of the molecule is COc1cccc2c1OCC(C(=O)N(Cc1cnn(C)c1)CC(C)C)C2. The summed E-state index contributed by atoms with van der Waals surface area (Å²) >= 11 is 0. The zero-order valence-corrected chi connectivity index (χ0v) is 15.9. The van der Waals surface area contributed by atoms with Gasteiger partial charge in [0.15, 0.2) is 11.5 Å². The predicted molar refractivity (Wildman–Crippen MR) is 99.1 cm³/mol. The Bertz CT molecular complexity index is 769. The average Bonchev–Trinajstić information content (AvgIpc) is 3.04. The minimum absolute atomic E-state index is 0.135. The number of benzene rings is 1. The number of carbonyl (C=O) groups excluding carboxylic acids is 1. The molecule has 1 aliphatic rings. The van der Waals surface area contributed by atoms with Crippen LogP contribution >= 0.6 is 0 Å². The summed E-state index contributed by atoms with van der Waals surface area (Å²) in [5.41, 5.74) is 2.07. The molecule has 0 fully saturated rings. The fraction of sp³-hybridized carbons (Fsp3) is 0.500. The van der Waals surface area contributed by atoms with Gasteiger partial charge in [-0.05, 0) is 24.0 Å². The lowest BCUT2D eigenvalue weighted by Crippen LogP contribution is -2.42. The van der Waals surface area contributed by atoms with Crippen LogP contribution < -0.4 is 9.47 Å². The van der Waals surface area contributed by atoms with E-state index in [1.165, 1.54) is 0 Å². The van der Waals surface area contributed by atoms with E-state index in [-0.39, 0.29) is 11.8 Å². The number of carbonyl (C=O) groups is 1. The summed E-state index contributed by atoms with van der Waals surface area (Å²) in [7, 11) is 3.52. The van der Waals surface area contributed by atoms with Crippen molar-refractivity contribution in [3.05, 3.63) is 41.7 Å². The quantitative estimate of drug-likeness (QED) is 0.798. The van der Waals surface area contributed by atoms with Crippen LogP contribution in [0.5, 0.6) is 11.5 Å². The molecule has 2 aromatic rings. The van der Waals surface area contributed by atoms with E-state index in [0.717, 1.165) is 29.2 Å². The maximum absolute atomic E-state index is 13.2. The summed E-state index contributed by atoms with van der Waals surface area (Å²) in [5, 5.41) is 4.21. The first-order chi connectivity index (χ1) is 12.5. The molecule has 6 heteroatoms. The van der Waals surface area contributed by atoms with Crippen molar-refractivity contribution in [3.8, 4) is 11.5 Å². The van der Waals surface area contributed by atoms with Crippen LogP contribution in [0, 0.1) is 11.8 Å². The van der Waals surface area contributed by atoms with E-state index in [1.807, 2.05) is 42.5 Å². The van der Waals surface area contributed by atoms with E-state index in [4.69, 9.17) is 9.47 Å². The van der Waals surface area contributed by atoms with Crippen LogP contribution in [-0.2, 0) is 24.8 Å². The van der Waals surface area contributed by atoms with Gasteiger partial charge in [-0.15, -0.1) is 0 Å². The van der Waals surface area contributed by atoms with Crippen LogP contribution in [0.2, 0.25) is 0 Å². The Morgan fingerprint density at radius 3 is 2.92 bits per heavy atom. The minimum Gasteiger partial charge on any atom is -0.493 e. The molecule has 1 atom stereocenters. The van der Waals surface area contributed by atoms with Crippen LogP contribution in [0.25, 0.3) is 0 Å². The summed E-state index contributed by atoms with van der Waals surface area (Å²) in [4.78, 5) is 15.1. The van der Waals surface area contributed by atoms with E-state index in [1.54, 1.807) is 11.8 Å². The fourth-order valence-corrected chi connectivity index (χ4v) is 3.42. The Morgan fingerprint density at radius 1 is 1.46 bits per heavy atom. The van der Waals surface area contributed by atoms with Crippen molar-refractivity contribution in [3.63, 3.8) is 0 Å². The van der Waals surface area contributed by atoms with Gasteiger partial charge in [-0.1, -0.05) is 26.0 Å². The summed E-state index contributed by atoms with van der Waals surface area (Å²) in [6.07, 6.45) is 4.45. The Morgan fingerprint density at radius 2 is 2.27 bits per heavy atom. The number of hydrogen-bond donors (Lipinski definition) is 0. The molecule has 1 unspecified atom stereocenters. The monoisotopic (exact) mass is 357 g/mol. The highest BCUT2D eigenvalue weighted by molar-refractivity contribution is 5.80. The molecule has 0 radical (unpaired) electrons. The van der Waals surface area contributed by atoms with Gasteiger partial charge in [0, 0.05) is 31.9 Å². The van der Waals surface area contributed by atoms with Gasteiger partial charge in [-0.25, -0.2) is 0 Å². The molecule has 0 bridgehead atoms. The van der Waals surface area contributed by atoms with Gasteiger partial charge in [0.25, 0.3) is 0 Å². The van der Waals surface area contributed by atoms with Gasteiger partial charge in [0.1, 0.15) is 6.61 Å². The van der Waals surface area contributed by atoms with Gasteiger partial charge >= 0.3 is 0 Å². The van der Waals surface area contributed by atoms with Gasteiger partial charge in [-0.2, -0.15) is 5.10 Å². The highest BCUT2D eigenvalue weighted by atomic mass is 16.5. The Kier molecular flexibility index (Phi) is 5.49. The van der Waals surface area contributed by atoms with E-state index < -0.39 is 0 Å². The largest absolute Gasteiger partial charge is 0.493 e. The number of nitrogens with zero attached hydrogens (tertiary/aromatic N) is 3. The van der Waals surface area contributed by atoms with Gasteiger partial charge < -0.3 is 14.4 Å². The van der Waals surface area contributed by atoms with Crippen molar-refractivity contribution in [1.82, 2.24) is 14.7 Å². The molecule has 2 heterocycles. The molecule has 1 aromatic heterocycles. The van der Waals surface area contributed by atoms with Gasteiger partial charge in [0.2, 0.25) is 5.91 Å². The van der Waals surface area contributed by atoms with E-state index in [9.17, 15) is 4.79 Å². The van der Waals surface area contributed by atoms with Crippen molar-refractivity contribution >= 4 is 5.91 Å². The lowest BCUT2D eigenvalue weighted by atomic mass is 9.94. The first-order valence-electron chi connectivity index (χ1n) is 9.03. The molecule has 26 heavy (non-hydrogen) atoms. The van der Waals surface area contributed by atoms with Crippen LogP contribution in [0.1, 0.15) is 25.0 Å². The number of hydrogen-bond acceptors (Lipinski definition) is 4. The maximum atomic E-state index is 13.2. The molecule has 6 nitrogen and oxygen atoms in total. The molecule has 3 rings (SSSR count). The lowest BCUT2D eigenvalue weighted by Gasteiger charge is -2.31. The molecule has 0 N–H and O–H groups in total. The Balaban J connectivity index is 1.76. The number of para-hydroxylation sites is 1. The minimum atomic E-state index is -0.176. The third kappa shape index (κ3) is 4.00. The van der Waals surface area contributed by atoms with E-state index >= 15 is 0 Å². The number of fused-ring (bicyclic) bond motifs is 1. The molecular formula is C20H27N3O3. The van der Waals surface area contributed by atoms with E-state index in [2.05, 4.69) is 18.9 Å². The van der Waals surface area contributed by atoms with Gasteiger partial charge in [0.05, 0.1) is 19.2 Å². The average molecular weight is 357 g/mol. The Labute approximate surface area is 154 Å². The molecule has 0 aliphatic carbocycles. The third-order valence-electron chi connectivity index (χ3n) is 4.55. The second kappa shape index (κ2) is 7.81. The summed E-state index contributed by atoms with van der Waals surface area (Å²) in [6.45, 7) is 5.93. The van der Waals surface area contributed by atoms with Crippen LogP contribution in [0.4, 0.5) is 0 Å². The molecule has 1 aromatic carbocycles. The highest BCUT2D eigenvalue weighted by Crippen LogP contribution is 2.36. The standard InChI is InChI=1S/C20H27N3O3/c1-14(2)10-23(12-15-9-21-22(3)11-15)20(24)17-8-16-6-5-7-18(25-4)19(16)26-13-17/h5-7,9,11,14,17H,8,10,12-13H2,1-4H3. The number of methoxy groups -OCH3 is 1. The topological polar surface area (TPSA) is 56.6 Å².